The smallest absolute Gasteiger partial charge is 0.187 e. The fourth-order valence-electron chi connectivity index (χ4n) is 3.39. The second-order valence-electron chi connectivity index (χ2n) is 7.24. The number of benzene rings is 2. The maximum Gasteiger partial charge on any atom is 0.187 e. The van der Waals surface area contributed by atoms with Crippen LogP contribution in [0, 0.1) is 6.92 Å². The van der Waals surface area contributed by atoms with Crippen molar-refractivity contribution in [3.05, 3.63) is 95.8 Å². The highest BCUT2D eigenvalue weighted by atomic mass is 32.1. The van der Waals surface area contributed by atoms with Crippen molar-refractivity contribution < 1.29 is 0 Å². The standard InChI is InChI=1S/C24H20N6S/c1-17-6-5-9-19(12-17)26-24-27-23(16-31-24)20-10-11-25-13-21(20)22-15-30(29-28-22)14-18-7-3-2-4-8-18/h2-13,15-16H,14H2,1H3,(H,26,27). The zero-order valence-corrected chi connectivity index (χ0v) is 17.8. The van der Waals surface area contributed by atoms with Crippen LogP contribution in [-0.2, 0) is 6.54 Å². The first kappa shape index (κ1) is 19.1. The Bertz CT molecular complexity index is 1310. The molecule has 0 radical (unpaired) electrons. The fourth-order valence-corrected chi connectivity index (χ4v) is 4.12. The molecule has 0 amide bonds. The highest BCUT2D eigenvalue weighted by molar-refractivity contribution is 7.14. The van der Waals surface area contributed by atoms with Crippen LogP contribution in [0.15, 0.2) is 84.6 Å². The Morgan fingerprint density at radius 2 is 1.87 bits per heavy atom. The van der Waals surface area contributed by atoms with Crippen LogP contribution < -0.4 is 5.32 Å². The summed E-state index contributed by atoms with van der Waals surface area (Å²) in [6, 6.07) is 20.4. The van der Waals surface area contributed by atoms with Gasteiger partial charge in [0.25, 0.3) is 0 Å². The van der Waals surface area contributed by atoms with Gasteiger partial charge in [-0.05, 0) is 36.2 Å². The molecule has 0 unspecified atom stereocenters. The molecule has 5 rings (SSSR count). The third-order valence-corrected chi connectivity index (χ3v) is 5.63. The highest BCUT2D eigenvalue weighted by Crippen LogP contribution is 2.33. The normalized spacial score (nSPS) is 10.9. The third kappa shape index (κ3) is 4.36. The Morgan fingerprint density at radius 3 is 2.74 bits per heavy atom. The van der Waals surface area contributed by atoms with E-state index < -0.39 is 0 Å². The van der Waals surface area contributed by atoms with Crippen LogP contribution >= 0.6 is 11.3 Å². The molecule has 3 aromatic heterocycles. The molecule has 31 heavy (non-hydrogen) atoms. The van der Waals surface area contributed by atoms with Crippen LogP contribution in [0.1, 0.15) is 11.1 Å². The minimum Gasteiger partial charge on any atom is -0.332 e. The molecule has 0 bridgehead atoms. The maximum atomic E-state index is 4.79. The van der Waals surface area contributed by atoms with E-state index >= 15 is 0 Å². The van der Waals surface area contributed by atoms with Gasteiger partial charge in [-0.3, -0.25) is 4.98 Å². The summed E-state index contributed by atoms with van der Waals surface area (Å²) < 4.78 is 1.84. The van der Waals surface area contributed by atoms with Crippen molar-refractivity contribution in [3.8, 4) is 22.5 Å². The van der Waals surface area contributed by atoms with Crippen LogP contribution in [0.3, 0.4) is 0 Å². The van der Waals surface area contributed by atoms with E-state index in [4.69, 9.17) is 4.98 Å². The Kier molecular flexibility index (Phi) is 5.24. The van der Waals surface area contributed by atoms with Crippen LogP contribution in [0.4, 0.5) is 10.8 Å². The average Bonchev–Trinajstić information content (AvgIpc) is 3.44. The molecule has 7 heteroatoms. The molecule has 2 aromatic carbocycles. The van der Waals surface area contributed by atoms with Crippen molar-refractivity contribution in [2.75, 3.05) is 5.32 Å². The van der Waals surface area contributed by atoms with Gasteiger partial charge in [-0.2, -0.15) is 0 Å². The average molecular weight is 425 g/mol. The number of rotatable bonds is 6. The summed E-state index contributed by atoms with van der Waals surface area (Å²) in [5.74, 6) is 0. The Hall–Kier alpha value is -3.84. The summed E-state index contributed by atoms with van der Waals surface area (Å²) in [6.45, 7) is 2.75. The number of nitrogens with one attached hydrogen (secondary N) is 1. The van der Waals surface area contributed by atoms with E-state index in [0.29, 0.717) is 6.54 Å². The molecule has 0 saturated heterocycles. The van der Waals surface area contributed by atoms with E-state index in [0.717, 1.165) is 33.3 Å². The minimum atomic E-state index is 0.671. The van der Waals surface area contributed by atoms with Crippen LogP contribution in [0.5, 0.6) is 0 Å². The topological polar surface area (TPSA) is 68.5 Å². The molecule has 0 spiro atoms. The molecule has 0 fully saturated rings. The van der Waals surface area contributed by atoms with Crippen molar-refractivity contribution in [1.29, 1.82) is 0 Å². The lowest BCUT2D eigenvalue weighted by atomic mass is 10.1. The summed E-state index contributed by atoms with van der Waals surface area (Å²) >= 11 is 1.57. The molecule has 152 valence electrons. The Morgan fingerprint density at radius 1 is 0.968 bits per heavy atom. The number of thiazole rings is 1. The molecule has 0 saturated carbocycles. The third-order valence-electron chi connectivity index (χ3n) is 4.87. The van der Waals surface area contributed by atoms with Crippen molar-refractivity contribution in [1.82, 2.24) is 25.0 Å². The first-order valence-corrected chi connectivity index (χ1v) is 10.8. The van der Waals surface area contributed by atoms with E-state index in [1.54, 1.807) is 17.5 Å². The molecule has 5 aromatic rings. The monoisotopic (exact) mass is 424 g/mol. The molecule has 0 aliphatic heterocycles. The quantitative estimate of drug-likeness (QED) is 0.386. The van der Waals surface area contributed by atoms with E-state index in [-0.39, 0.29) is 0 Å². The molecule has 0 aliphatic rings. The van der Waals surface area contributed by atoms with E-state index in [9.17, 15) is 0 Å². The van der Waals surface area contributed by atoms with Gasteiger partial charge >= 0.3 is 0 Å². The minimum absolute atomic E-state index is 0.671. The van der Waals surface area contributed by atoms with Crippen molar-refractivity contribution in [2.45, 2.75) is 13.5 Å². The summed E-state index contributed by atoms with van der Waals surface area (Å²) in [7, 11) is 0. The van der Waals surface area contributed by atoms with Gasteiger partial charge in [-0.1, -0.05) is 47.7 Å². The molecule has 6 nitrogen and oxygen atoms in total. The number of nitrogens with zero attached hydrogens (tertiary/aromatic N) is 5. The summed E-state index contributed by atoms with van der Waals surface area (Å²) in [5, 5.41) is 15.0. The van der Waals surface area contributed by atoms with E-state index in [1.165, 1.54) is 11.1 Å². The summed E-state index contributed by atoms with van der Waals surface area (Å²) in [4.78, 5) is 9.10. The Balaban J connectivity index is 1.41. The van der Waals surface area contributed by atoms with Crippen LogP contribution in [0.25, 0.3) is 22.5 Å². The van der Waals surface area contributed by atoms with Crippen molar-refractivity contribution in [3.63, 3.8) is 0 Å². The molecular formula is C24H20N6S. The maximum absolute atomic E-state index is 4.79. The van der Waals surface area contributed by atoms with Gasteiger partial charge in [0.1, 0.15) is 5.69 Å². The van der Waals surface area contributed by atoms with E-state index in [2.05, 4.69) is 51.8 Å². The van der Waals surface area contributed by atoms with Gasteiger partial charge in [-0.25, -0.2) is 9.67 Å². The van der Waals surface area contributed by atoms with Gasteiger partial charge in [0, 0.05) is 34.6 Å². The Labute approximate surface area is 184 Å². The summed E-state index contributed by atoms with van der Waals surface area (Å²) in [5.41, 5.74) is 6.97. The van der Waals surface area contributed by atoms with Crippen molar-refractivity contribution in [2.24, 2.45) is 0 Å². The molecule has 3 heterocycles. The first-order valence-electron chi connectivity index (χ1n) is 9.93. The number of hydrogen-bond acceptors (Lipinski definition) is 6. The highest BCUT2D eigenvalue weighted by Gasteiger charge is 2.14. The van der Waals surface area contributed by atoms with Gasteiger partial charge in [-0.15, -0.1) is 16.4 Å². The second-order valence-corrected chi connectivity index (χ2v) is 8.10. The number of aryl methyl sites for hydroxylation is 1. The summed E-state index contributed by atoms with van der Waals surface area (Å²) in [6.07, 6.45) is 5.55. The van der Waals surface area contributed by atoms with Gasteiger partial charge in [0.15, 0.2) is 5.13 Å². The predicted octanol–water partition coefficient (Wildman–Crippen LogP) is 5.56. The predicted molar refractivity (Wildman–Crippen MR) is 124 cm³/mol. The first-order chi connectivity index (χ1) is 15.2. The lowest BCUT2D eigenvalue weighted by Gasteiger charge is -2.05. The number of anilines is 2. The van der Waals surface area contributed by atoms with Crippen molar-refractivity contribution >= 4 is 22.2 Å². The number of hydrogen-bond donors (Lipinski definition) is 1. The van der Waals surface area contributed by atoms with E-state index in [1.807, 2.05) is 58.9 Å². The van der Waals surface area contributed by atoms with Crippen LogP contribution in [-0.4, -0.2) is 25.0 Å². The molecule has 0 atom stereocenters. The second kappa shape index (κ2) is 8.49. The number of aromatic nitrogens is 5. The SMILES string of the molecule is Cc1cccc(Nc2nc(-c3ccncc3-c3cn(Cc4ccccc4)nn3)cs2)c1. The molecule has 0 aliphatic carbocycles. The van der Waals surface area contributed by atoms with Gasteiger partial charge < -0.3 is 5.32 Å². The van der Waals surface area contributed by atoms with Gasteiger partial charge in [0.05, 0.1) is 18.4 Å². The van der Waals surface area contributed by atoms with Crippen LogP contribution in [0.2, 0.25) is 0 Å². The zero-order chi connectivity index (χ0) is 21.0. The largest absolute Gasteiger partial charge is 0.332 e. The molecular weight excluding hydrogens is 404 g/mol. The number of pyridine rings is 1. The lowest BCUT2D eigenvalue weighted by Crippen LogP contribution is -1.99. The zero-order valence-electron chi connectivity index (χ0n) is 16.9. The molecule has 1 N–H and O–H groups in total. The lowest BCUT2D eigenvalue weighted by molar-refractivity contribution is 0.650. The van der Waals surface area contributed by atoms with Gasteiger partial charge in [0.2, 0.25) is 0 Å². The fraction of sp³-hybridized carbons (Fsp3) is 0.0833.